The van der Waals surface area contributed by atoms with Crippen LogP contribution in [0.4, 0.5) is 18.9 Å². The standard InChI is InChI=1S/C10H10F3NO3/c11-10(12,13)17-14(7-6-9(15)16)8-4-2-1-3-5-8/h1-5H,6-7H2,(H,15,16). The first-order valence-corrected chi connectivity index (χ1v) is 4.69. The van der Waals surface area contributed by atoms with E-state index in [2.05, 4.69) is 4.84 Å². The number of hydroxylamine groups is 1. The molecule has 0 unspecified atom stereocenters. The number of nitrogens with zero attached hydrogens (tertiary/aromatic N) is 1. The number of para-hydroxylation sites is 1. The number of carboxylic acids is 1. The highest BCUT2D eigenvalue weighted by Gasteiger charge is 2.33. The van der Waals surface area contributed by atoms with Gasteiger partial charge >= 0.3 is 12.3 Å². The topological polar surface area (TPSA) is 49.8 Å². The quantitative estimate of drug-likeness (QED) is 0.814. The van der Waals surface area contributed by atoms with Crippen molar-refractivity contribution in [3.63, 3.8) is 0 Å². The molecule has 1 rings (SSSR count). The smallest absolute Gasteiger partial charge is 0.481 e. The molecule has 1 aromatic carbocycles. The van der Waals surface area contributed by atoms with Crippen LogP contribution >= 0.6 is 0 Å². The van der Waals surface area contributed by atoms with Gasteiger partial charge in [0.1, 0.15) is 0 Å². The molecule has 0 aliphatic carbocycles. The van der Waals surface area contributed by atoms with Crippen LogP contribution in [0, 0.1) is 0 Å². The van der Waals surface area contributed by atoms with Crippen molar-refractivity contribution in [2.24, 2.45) is 0 Å². The second kappa shape index (κ2) is 5.53. The van der Waals surface area contributed by atoms with Crippen LogP contribution in [-0.2, 0) is 9.63 Å². The molecular weight excluding hydrogens is 239 g/mol. The number of hydrogen-bond acceptors (Lipinski definition) is 3. The number of benzene rings is 1. The summed E-state index contributed by atoms with van der Waals surface area (Å²) in [6.07, 6.45) is -5.31. The Morgan fingerprint density at radius 1 is 1.29 bits per heavy atom. The van der Waals surface area contributed by atoms with Crippen molar-refractivity contribution in [2.45, 2.75) is 12.8 Å². The second-order valence-electron chi connectivity index (χ2n) is 3.12. The zero-order chi connectivity index (χ0) is 12.9. The Morgan fingerprint density at radius 2 is 1.88 bits per heavy atom. The molecule has 94 valence electrons. The first-order chi connectivity index (χ1) is 7.88. The Balaban J connectivity index is 2.75. The second-order valence-corrected chi connectivity index (χ2v) is 3.12. The summed E-state index contributed by atoms with van der Waals surface area (Å²) < 4.78 is 36.3. The molecule has 0 saturated heterocycles. The van der Waals surface area contributed by atoms with Crippen molar-refractivity contribution in [2.75, 3.05) is 11.6 Å². The molecule has 0 amide bonds. The van der Waals surface area contributed by atoms with Gasteiger partial charge in [-0.2, -0.15) is 4.84 Å². The molecule has 17 heavy (non-hydrogen) atoms. The Bertz CT molecular complexity index is 367. The van der Waals surface area contributed by atoms with Crippen LogP contribution in [0.5, 0.6) is 0 Å². The molecule has 0 aliphatic heterocycles. The number of alkyl halides is 3. The van der Waals surface area contributed by atoms with Crippen LogP contribution in [0.25, 0.3) is 0 Å². The predicted octanol–water partition coefficient (Wildman–Crippen LogP) is 2.42. The molecule has 4 nitrogen and oxygen atoms in total. The van der Waals surface area contributed by atoms with Gasteiger partial charge in [0.05, 0.1) is 18.7 Å². The molecule has 1 aromatic rings. The third-order valence-corrected chi connectivity index (χ3v) is 1.79. The van der Waals surface area contributed by atoms with Crippen LogP contribution in [0.2, 0.25) is 0 Å². The van der Waals surface area contributed by atoms with Gasteiger partial charge in [0.25, 0.3) is 0 Å². The fraction of sp³-hybridized carbons (Fsp3) is 0.300. The molecule has 0 aliphatic rings. The van der Waals surface area contributed by atoms with Crippen molar-refractivity contribution >= 4 is 11.7 Å². The minimum Gasteiger partial charge on any atom is -0.481 e. The first kappa shape index (κ1) is 13.3. The maximum atomic E-state index is 12.1. The summed E-state index contributed by atoms with van der Waals surface area (Å²) in [4.78, 5) is 14.1. The van der Waals surface area contributed by atoms with Crippen LogP contribution in [0.15, 0.2) is 30.3 Å². The summed E-state index contributed by atoms with van der Waals surface area (Å²) in [6.45, 7) is -0.390. The van der Waals surface area contributed by atoms with E-state index in [1.807, 2.05) is 0 Å². The zero-order valence-electron chi connectivity index (χ0n) is 8.65. The summed E-state index contributed by atoms with van der Waals surface area (Å²) >= 11 is 0. The number of carbonyl (C=O) groups is 1. The normalized spacial score (nSPS) is 11.2. The molecule has 0 atom stereocenters. The van der Waals surface area contributed by atoms with Gasteiger partial charge in [0.2, 0.25) is 0 Å². The fourth-order valence-electron chi connectivity index (χ4n) is 1.14. The first-order valence-electron chi connectivity index (χ1n) is 4.69. The molecule has 0 spiro atoms. The highest BCUT2D eigenvalue weighted by atomic mass is 19.4. The zero-order valence-corrected chi connectivity index (χ0v) is 8.65. The Labute approximate surface area is 95.2 Å². The Kier molecular flexibility index (Phi) is 4.33. The lowest BCUT2D eigenvalue weighted by Gasteiger charge is -2.23. The molecule has 0 radical (unpaired) electrons. The summed E-state index contributed by atoms with van der Waals surface area (Å²) in [5, 5.41) is 8.95. The highest BCUT2D eigenvalue weighted by molar-refractivity contribution is 5.67. The van der Waals surface area contributed by atoms with Crippen molar-refractivity contribution in [1.82, 2.24) is 0 Å². The summed E-state index contributed by atoms with van der Waals surface area (Å²) in [7, 11) is 0. The van der Waals surface area contributed by atoms with E-state index in [1.165, 1.54) is 24.3 Å². The molecule has 0 aromatic heterocycles. The predicted molar refractivity (Wildman–Crippen MR) is 53.2 cm³/mol. The minimum atomic E-state index is -4.85. The molecule has 7 heteroatoms. The van der Waals surface area contributed by atoms with Crippen molar-refractivity contribution in [3.05, 3.63) is 30.3 Å². The van der Waals surface area contributed by atoms with E-state index in [0.717, 1.165) is 0 Å². The average Bonchev–Trinajstić information content (AvgIpc) is 2.24. The third-order valence-electron chi connectivity index (χ3n) is 1.79. The summed E-state index contributed by atoms with van der Waals surface area (Å²) in [5.74, 6) is -1.20. The molecular formula is C10H10F3NO3. The lowest BCUT2D eigenvalue weighted by molar-refractivity contribution is -0.330. The number of carboxylic acid groups (broad SMARTS) is 1. The monoisotopic (exact) mass is 249 g/mol. The Hall–Kier alpha value is -1.76. The van der Waals surface area contributed by atoms with Gasteiger partial charge in [0, 0.05) is 0 Å². The van der Waals surface area contributed by atoms with Gasteiger partial charge in [-0.3, -0.25) is 4.79 Å². The van der Waals surface area contributed by atoms with Crippen molar-refractivity contribution < 1.29 is 27.9 Å². The van der Waals surface area contributed by atoms with Gasteiger partial charge in [-0.1, -0.05) is 18.2 Å². The van der Waals surface area contributed by atoms with E-state index in [9.17, 15) is 18.0 Å². The van der Waals surface area contributed by atoms with Gasteiger partial charge in [-0.05, 0) is 12.1 Å². The minimum absolute atomic E-state index is 0.145. The highest BCUT2D eigenvalue weighted by Crippen LogP contribution is 2.23. The van der Waals surface area contributed by atoms with Gasteiger partial charge in [0.15, 0.2) is 0 Å². The molecule has 0 saturated carbocycles. The van der Waals surface area contributed by atoms with Crippen LogP contribution in [0.3, 0.4) is 0 Å². The summed E-state index contributed by atoms with van der Waals surface area (Å²) in [5.41, 5.74) is 0.145. The molecule has 0 fully saturated rings. The molecule has 1 N–H and O–H groups in total. The third kappa shape index (κ3) is 5.21. The van der Waals surface area contributed by atoms with Crippen molar-refractivity contribution in [3.8, 4) is 0 Å². The largest absolute Gasteiger partial charge is 0.544 e. The lowest BCUT2D eigenvalue weighted by Crippen LogP contribution is -2.33. The fourth-order valence-corrected chi connectivity index (χ4v) is 1.14. The van der Waals surface area contributed by atoms with E-state index in [4.69, 9.17) is 5.11 Å². The van der Waals surface area contributed by atoms with E-state index in [-0.39, 0.29) is 5.69 Å². The molecule has 0 bridgehead atoms. The summed E-state index contributed by atoms with van der Waals surface area (Å²) in [6, 6.07) is 7.49. The van der Waals surface area contributed by atoms with E-state index in [0.29, 0.717) is 5.06 Å². The number of aliphatic carboxylic acids is 1. The van der Waals surface area contributed by atoms with Gasteiger partial charge < -0.3 is 5.11 Å². The van der Waals surface area contributed by atoms with Crippen LogP contribution in [-0.4, -0.2) is 24.0 Å². The van der Waals surface area contributed by atoms with E-state index >= 15 is 0 Å². The van der Waals surface area contributed by atoms with Crippen molar-refractivity contribution in [1.29, 1.82) is 0 Å². The van der Waals surface area contributed by atoms with Gasteiger partial charge in [-0.25, -0.2) is 5.06 Å². The Morgan fingerprint density at radius 3 is 2.35 bits per heavy atom. The average molecular weight is 249 g/mol. The maximum Gasteiger partial charge on any atom is 0.544 e. The van der Waals surface area contributed by atoms with Crippen LogP contribution < -0.4 is 5.06 Å². The number of halogens is 3. The maximum absolute atomic E-state index is 12.1. The number of hydrogen-bond donors (Lipinski definition) is 1. The van der Waals surface area contributed by atoms with E-state index in [1.54, 1.807) is 6.07 Å². The molecule has 0 heterocycles. The number of rotatable bonds is 5. The number of anilines is 1. The van der Waals surface area contributed by atoms with Gasteiger partial charge in [-0.15, -0.1) is 13.2 Å². The lowest BCUT2D eigenvalue weighted by atomic mass is 10.3. The van der Waals surface area contributed by atoms with Crippen LogP contribution in [0.1, 0.15) is 6.42 Å². The SMILES string of the molecule is O=C(O)CCN(OC(F)(F)F)c1ccccc1. The van der Waals surface area contributed by atoms with E-state index < -0.39 is 25.3 Å².